The van der Waals surface area contributed by atoms with Crippen molar-refractivity contribution in [1.29, 1.82) is 5.41 Å². The molecule has 0 bridgehead atoms. The number of rotatable bonds is 3. The lowest BCUT2D eigenvalue weighted by Crippen LogP contribution is -2.86. The average molecular weight is 340 g/mol. The zero-order chi connectivity index (χ0) is 17.1. The number of likely N-dealkylation sites (N-methyl/N-ethyl adjacent to an activating group) is 1. The number of hydrogen-bond donors (Lipinski definition) is 2. The van der Waals surface area contributed by atoms with Crippen LogP contribution in [0.1, 0.15) is 12.5 Å². The van der Waals surface area contributed by atoms with E-state index in [2.05, 4.69) is 24.3 Å². The fourth-order valence-corrected chi connectivity index (χ4v) is 4.58. The maximum atomic E-state index is 12.7. The minimum absolute atomic E-state index is 0.0152. The van der Waals surface area contributed by atoms with Crippen LogP contribution in [-0.2, 0) is 4.79 Å². The zero-order valence-electron chi connectivity index (χ0n) is 13.7. The molecule has 2 atom stereocenters. The standard InChI is InChI=1S/C18H20N4OS/c1-18-10-21(2)15(18)8-22(18)17(23)16(20)13-4-3-11(7-14(13)19)12-5-6-24-9-12/h3-7,9,15,20H,8,10,19H2,1-2H3. The van der Waals surface area contributed by atoms with Crippen molar-refractivity contribution in [1.82, 2.24) is 9.80 Å². The molecule has 4 rings (SSSR count). The Morgan fingerprint density at radius 1 is 1.38 bits per heavy atom. The molecule has 1 amide bonds. The molecule has 2 saturated heterocycles. The number of nitrogens with one attached hydrogen (secondary N) is 1. The van der Waals surface area contributed by atoms with Crippen LogP contribution in [0.2, 0.25) is 0 Å². The third kappa shape index (κ3) is 2.03. The normalized spacial score (nSPS) is 25.6. The van der Waals surface area contributed by atoms with Crippen molar-refractivity contribution in [3.05, 3.63) is 40.6 Å². The molecule has 2 unspecified atom stereocenters. The molecule has 2 aliphatic rings. The number of nitrogens with zero attached hydrogens (tertiary/aromatic N) is 2. The second-order valence-corrected chi connectivity index (χ2v) is 7.67. The van der Waals surface area contributed by atoms with Gasteiger partial charge in [-0.15, -0.1) is 0 Å². The second-order valence-electron chi connectivity index (χ2n) is 6.89. The highest BCUT2D eigenvalue weighted by atomic mass is 32.1. The fourth-order valence-electron chi connectivity index (χ4n) is 3.92. The highest BCUT2D eigenvalue weighted by Gasteiger charge is 2.61. The molecule has 1 aromatic carbocycles. The van der Waals surface area contributed by atoms with Crippen molar-refractivity contribution in [2.45, 2.75) is 18.5 Å². The summed E-state index contributed by atoms with van der Waals surface area (Å²) in [4.78, 5) is 16.8. The molecule has 3 N–H and O–H groups in total. The highest BCUT2D eigenvalue weighted by molar-refractivity contribution is 7.08. The summed E-state index contributed by atoms with van der Waals surface area (Å²) in [6.45, 7) is 3.65. The first-order valence-corrected chi connectivity index (χ1v) is 8.89. The van der Waals surface area contributed by atoms with Gasteiger partial charge in [-0.05, 0) is 54.1 Å². The van der Waals surface area contributed by atoms with Crippen molar-refractivity contribution in [3.8, 4) is 11.1 Å². The van der Waals surface area contributed by atoms with Gasteiger partial charge >= 0.3 is 0 Å². The Bertz CT molecular complexity index is 832. The summed E-state index contributed by atoms with van der Waals surface area (Å²) in [7, 11) is 2.07. The smallest absolute Gasteiger partial charge is 0.273 e. The van der Waals surface area contributed by atoms with Gasteiger partial charge in [-0.1, -0.05) is 6.07 Å². The van der Waals surface area contributed by atoms with Crippen LogP contribution in [0.15, 0.2) is 35.0 Å². The number of piperazine rings is 1. The minimum atomic E-state index is -0.225. The molecular formula is C18H20N4OS. The molecule has 0 aliphatic carbocycles. The average Bonchev–Trinajstić information content (AvgIpc) is 3.07. The lowest BCUT2D eigenvalue weighted by molar-refractivity contribution is -0.187. The molecule has 5 nitrogen and oxygen atoms in total. The number of nitrogen functional groups attached to an aromatic ring is 1. The molecule has 2 fully saturated rings. The molecule has 2 aliphatic heterocycles. The molecule has 2 aromatic rings. The van der Waals surface area contributed by atoms with E-state index in [0.717, 1.165) is 17.7 Å². The molecular weight excluding hydrogens is 320 g/mol. The van der Waals surface area contributed by atoms with E-state index < -0.39 is 0 Å². The van der Waals surface area contributed by atoms with E-state index in [1.54, 1.807) is 17.4 Å². The number of thiophene rings is 1. The van der Waals surface area contributed by atoms with Gasteiger partial charge in [0.25, 0.3) is 5.91 Å². The summed E-state index contributed by atoms with van der Waals surface area (Å²) >= 11 is 1.63. The summed E-state index contributed by atoms with van der Waals surface area (Å²) in [5.41, 5.74) is 9.11. The van der Waals surface area contributed by atoms with Crippen molar-refractivity contribution >= 4 is 28.6 Å². The minimum Gasteiger partial charge on any atom is -0.398 e. The van der Waals surface area contributed by atoms with Gasteiger partial charge in [0.1, 0.15) is 5.71 Å². The predicted octanol–water partition coefficient (Wildman–Crippen LogP) is 2.28. The van der Waals surface area contributed by atoms with Crippen molar-refractivity contribution in [3.63, 3.8) is 0 Å². The number of hydrogen-bond acceptors (Lipinski definition) is 5. The van der Waals surface area contributed by atoms with Crippen LogP contribution in [0, 0.1) is 5.41 Å². The van der Waals surface area contributed by atoms with Crippen molar-refractivity contribution in [2.24, 2.45) is 0 Å². The number of likely N-dealkylation sites (tertiary alicyclic amines) is 2. The molecule has 124 valence electrons. The third-order valence-electron chi connectivity index (χ3n) is 5.43. The van der Waals surface area contributed by atoms with E-state index in [0.29, 0.717) is 23.8 Å². The summed E-state index contributed by atoms with van der Waals surface area (Å²) < 4.78 is 0. The van der Waals surface area contributed by atoms with Gasteiger partial charge in [0, 0.05) is 24.3 Å². The monoisotopic (exact) mass is 340 g/mol. The maximum Gasteiger partial charge on any atom is 0.273 e. The van der Waals surface area contributed by atoms with Crippen molar-refractivity contribution in [2.75, 3.05) is 25.9 Å². The largest absolute Gasteiger partial charge is 0.398 e. The van der Waals surface area contributed by atoms with Gasteiger partial charge in [0.05, 0.1) is 11.6 Å². The Balaban J connectivity index is 1.56. The van der Waals surface area contributed by atoms with Crippen LogP contribution in [0.3, 0.4) is 0 Å². The lowest BCUT2D eigenvalue weighted by atomic mass is 9.72. The Labute approximate surface area is 145 Å². The lowest BCUT2D eigenvalue weighted by Gasteiger charge is -2.68. The van der Waals surface area contributed by atoms with Gasteiger partial charge in [-0.3, -0.25) is 15.1 Å². The Morgan fingerprint density at radius 3 is 2.71 bits per heavy atom. The number of anilines is 1. The number of carbonyl (C=O) groups excluding carboxylic acids is 1. The first kappa shape index (κ1) is 15.4. The number of nitrogens with two attached hydrogens (primary N) is 1. The second kappa shape index (κ2) is 5.16. The number of amides is 1. The van der Waals surface area contributed by atoms with Crippen LogP contribution in [0.5, 0.6) is 0 Å². The summed E-state index contributed by atoms with van der Waals surface area (Å²) in [5, 5.41) is 12.4. The van der Waals surface area contributed by atoms with E-state index in [-0.39, 0.29) is 17.2 Å². The van der Waals surface area contributed by atoms with E-state index in [4.69, 9.17) is 11.1 Å². The van der Waals surface area contributed by atoms with Gasteiger partial charge in [-0.2, -0.15) is 11.3 Å². The quantitative estimate of drug-likeness (QED) is 0.665. The van der Waals surface area contributed by atoms with Gasteiger partial charge < -0.3 is 10.6 Å². The van der Waals surface area contributed by atoms with Crippen LogP contribution in [0.25, 0.3) is 11.1 Å². The maximum absolute atomic E-state index is 12.7. The number of benzene rings is 1. The molecule has 6 heteroatoms. The molecule has 0 saturated carbocycles. The molecule has 3 heterocycles. The number of fused-ring (bicyclic) bond motifs is 1. The molecule has 0 spiro atoms. The number of carbonyl (C=O) groups is 1. The van der Waals surface area contributed by atoms with Crippen LogP contribution >= 0.6 is 11.3 Å². The van der Waals surface area contributed by atoms with Crippen LogP contribution in [-0.4, -0.2) is 53.1 Å². The Morgan fingerprint density at radius 2 is 2.17 bits per heavy atom. The first-order chi connectivity index (χ1) is 11.4. The van der Waals surface area contributed by atoms with E-state index >= 15 is 0 Å². The summed E-state index contributed by atoms with van der Waals surface area (Å²) in [6, 6.07) is 8.01. The summed E-state index contributed by atoms with van der Waals surface area (Å²) in [6.07, 6.45) is 0. The van der Waals surface area contributed by atoms with E-state index in [1.807, 2.05) is 28.5 Å². The topological polar surface area (TPSA) is 73.4 Å². The Hall–Kier alpha value is -2.18. The zero-order valence-corrected chi connectivity index (χ0v) is 14.6. The van der Waals surface area contributed by atoms with E-state index in [9.17, 15) is 4.79 Å². The van der Waals surface area contributed by atoms with E-state index in [1.165, 1.54) is 0 Å². The van der Waals surface area contributed by atoms with Crippen LogP contribution < -0.4 is 5.73 Å². The SMILES string of the molecule is CN1CC2(C)C1CN2C(=O)C(=N)c1ccc(-c2ccsc2)cc1N. The van der Waals surface area contributed by atoms with Gasteiger partial charge in [0.15, 0.2) is 0 Å². The van der Waals surface area contributed by atoms with Gasteiger partial charge in [0.2, 0.25) is 0 Å². The molecule has 1 aromatic heterocycles. The highest BCUT2D eigenvalue weighted by Crippen LogP contribution is 2.43. The Kier molecular flexibility index (Phi) is 3.30. The van der Waals surface area contributed by atoms with Gasteiger partial charge in [-0.25, -0.2) is 0 Å². The molecule has 0 radical (unpaired) electrons. The fraction of sp³-hybridized carbons (Fsp3) is 0.333. The van der Waals surface area contributed by atoms with Crippen molar-refractivity contribution < 1.29 is 4.79 Å². The summed E-state index contributed by atoms with van der Waals surface area (Å²) in [5.74, 6) is -0.225. The third-order valence-corrected chi connectivity index (χ3v) is 6.11. The van der Waals surface area contributed by atoms with Crippen LogP contribution in [0.4, 0.5) is 5.69 Å². The predicted molar refractivity (Wildman–Crippen MR) is 97.5 cm³/mol. The molecule has 24 heavy (non-hydrogen) atoms. The first-order valence-electron chi connectivity index (χ1n) is 7.95.